The highest BCUT2D eigenvalue weighted by atomic mass is 32.2. The average Bonchev–Trinajstić information content (AvgIpc) is 2.87. The molecule has 0 aliphatic heterocycles. The van der Waals surface area contributed by atoms with Crippen LogP contribution in [0, 0.1) is 0 Å². The number of esters is 4. The van der Waals surface area contributed by atoms with Crippen LogP contribution >= 0.6 is 11.8 Å². The van der Waals surface area contributed by atoms with Crippen LogP contribution in [0.5, 0.6) is 11.5 Å². The van der Waals surface area contributed by atoms with E-state index in [1.807, 2.05) is 0 Å². The van der Waals surface area contributed by atoms with Gasteiger partial charge in [0, 0.05) is 37.8 Å². The first-order valence-corrected chi connectivity index (χ1v) is 13.4. The summed E-state index contributed by atoms with van der Waals surface area (Å²) in [6, 6.07) is 14.0. The molecule has 2 aromatic carbocycles. The molecule has 200 valence electrons. The van der Waals surface area contributed by atoms with Crippen molar-refractivity contribution >= 4 is 35.6 Å². The van der Waals surface area contributed by atoms with Crippen molar-refractivity contribution < 1.29 is 38.1 Å². The van der Waals surface area contributed by atoms with E-state index in [4.69, 9.17) is 18.9 Å². The molecule has 0 aliphatic rings. The number of benzene rings is 2. The lowest BCUT2D eigenvalue weighted by Crippen LogP contribution is -2.15. The predicted molar refractivity (Wildman–Crippen MR) is 140 cm³/mol. The van der Waals surface area contributed by atoms with Gasteiger partial charge in [-0.2, -0.15) is 11.8 Å². The summed E-state index contributed by atoms with van der Waals surface area (Å²) in [5, 5.41) is 0. The summed E-state index contributed by atoms with van der Waals surface area (Å²) in [5.41, 5.74) is 1.26. The Morgan fingerprint density at radius 1 is 0.676 bits per heavy atom. The van der Waals surface area contributed by atoms with Gasteiger partial charge in [0.05, 0.1) is 0 Å². The molecule has 0 spiro atoms. The highest BCUT2D eigenvalue weighted by molar-refractivity contribution is 7.99. The number of carbonyl (C=O) groups excluding carboxylic acids is 4. The molecule has 0 fully saturated rings. The van der Waals surface area contributed by atoms with Gasteiger partial charge < -0.3 is 18.9 Å². The molecule has 0 N–H and O–H groups in total. The van der Waals surface area contributed by atoms with Crippen LogP contribution in [0.15, 0.2) is 48.5 Å². The van der Waals surface area contributed by atoms with Crippen LogP contribution < -0.4 is 9.47 Å². The van der Waals surface area contributed by atoms with Crippen molar-refractivity contribution in [2.75, 3.05) is 11.5 Å². The first kappa shape index (κ1) is 29.9. The maximum Gasteiger partial charge on any atom is 0.308 e. The molecular weight excluding hydrogens is 496 g/mol. The van der Waals surface area contributed by atoms with Gasteiger partial charge in [0.2, 0.25) is 0 Å². The van der Waals surface area contributed by atoms with Gasteiger partial charge in [0.25, 0.3) is 0 Å². The first-order chi connectivity index (χ1) is 17.7. The van der Waals surface area contributed by atoms with Gasteiger partial charge in [-0.3, -0.25) is 19.2 Å². The predicted octanol–water partition coefficient (Wildman–Crippen LogP) is 5.74. The molecule has 2 atom stereocenters. The molecule has 0 aliphatic carbocycles. The Morgan fingerprint density at radius 3 is 1.41 bits per heavy atom. The number of hydrogen-bond donors (Lipinski definition) is 0. The molecule has 0 saturated carbocycles. The number of carbonyl (C=O) groups is 4. The SMILES string of the molecule is CCC(=O)OC(CCSCCC(OC(=O)CC)c1ccccc1OC(C)=O)c1ccccc1OC(C)=O. The standard InChI is InChI=1S/C28H34O8S/c1-5-27(31)35-25(21-11-7-9-13-23(21)33-19(3)29)15-17-37-18-16-26(36-28(32)6-2)22-12-8-10-14-24(22)34-20(4)30/h7-14,25-26H,5-6,15-18H2,1-4H3. The van der Waals surface area contributed by atoms with Gasteiger partial charge in [0.15, 0.2) is 0 Å². The maximum atomic E-state index is 12.1. The molecule has 0 amide bonds. The zero-order valence-electron chi connectivity index (χ0n) is 21.7. The lowest BCUT2D eigenvalue weighted by molar-refractivity contribution is -0.150. The second-order valence-corrected chi connectivity index (χ2v) is 9.34. The summed E-state index contributed by atoms with van der Waals surface area (Å²) in [5.74, 6) is 0.396. The van der Waals surface area contributed by atoms with E-state index in [-0.39, 0.29) is 24.8 Å². The molecule has 8 nitrogen and oxygen atoms in total. The van der Waals surface area contributed by atoms with Crippen molar-refractivity contribution in [1.82, 2.24) is 0 Å². The second-order valence-electron chi connectivity index (χ2n) is 8.12. The Hall–Kier alpha value is -3.33. The second kappa shape index (κ2) is 15.7. The minimum Gasteiger partial charge on any atom is -0.457 e. The van der Waals surface area contributed by atoms with Gasteiger partial charge in [-0.25, -0.2) is 0 Å². The van der Waals surface area contributed by atoms with E-state index >= 15 is 0 Å². The van der Waals surface area contributed by atoms with Crippen molar-refractivity contribution in [1.29, 1.82) is 0 Å². The molecule has 2 aromatic rings. The van der Waals surface area contributed by atoms with Gasteiger partial charge in [-0.1, -0.05) is 50.2 Å². The third kappa shape index (κ3) is 10.3. The molecule has 37 heavy (non-hydrogen) atoms. The highest BCUT2D eigenvalue weighted by Gasteiger charge is 2.23. The van der Waals surface area contributed by atoms with Crippen LogP contribution in [-0.2, 0) is 28.7 Å². The molecule has 2 rings (SSSR count). The fourth-order valence-electron chi connectivity index (χ4n) is 3.51. The lowest BCUT2D eigenvalue weighted by atomic mass is 10.1. The van der Waals surface area contributed by atoms with Crippen molar-refractivity contribution in [3.8, 4) is 11.5 Å². The van der Waals surface area contributed by atoms with Crippen molar-refractivity contribution in [3.63, 3.8) is 0 Å². The van der Waals surface area contributed by atoms with E-state index in [0.717, 1.165) is 0 Å². The van der Waals surface area contributed by atoms with E-state index in [1.54, 1.807) is 74.1 Å². The fourth-order valence-corrected chi connectivity index (χ4v) is 4.48. The first-order valence-electron chi connectivity index (χ1n) is 12.3. The van der Waals surface area contributed by atoms with Gasteiger partial charge in [0.1, 0.15) is 23.7 Å². The Bertz CT molecular complexity index is 984. The monoisotopic (exact) mass is 530 g/mol. The van der Waals surface area contributed by atoms with E-state index in [9.17, 15) is 19.2 Å². The van der Waals surface area contributed by atoms with Crippen molar-refractivity contribution in [2.45, 2.75) is 65.6 Å². The number of para-hydroxylation sites is 2. The number of thioether (sulfide) groups is 1. The minimum atomic E-state index is -0.575. The zero-order chi connectivity index (χ0) is 27.2. The molecule has 9 heteroatoms. The number of ether oxygens (including phenoxy) is 4. The number of hydrogen-bond acceptors (Lipinski definition) is 9. The van der Waals surface area contributed by atoms with E-state index in [1.165, 1.54) is 13.8 Å². The maximum absolute atomic E-state index is 12.1. The van der Waals surface area contributed by atoms with Gasteiger partial charge in [-0.05, 0) is 36.5 Å². The number of rotatable bonds is 14. The summed E-state index contributed by atoms with van der Waals surface area (Å²) in [4.78, 5) is 47.2. The molecule has 0 radical (unpaired) electrons. The largest absolute Gasteiger partial charge is 0.457 e. The molecular formula is C28H34O8S. The lowest BCUT2D eigenvalue weighted by Gasteiger charge is -2.21. The summed E-state index contributed by atoms with van der Waals surface area (Å²) in [7, 11) is 0. The Kier molecular flexibility index (Phi) is 12.7. The summed E-state index contributed by atoms with van der Waals surface area (Å²) in [6.07, 6.45) is 0.302. The van der Waals surface area contributed by atoms with Crippen LogP contribution in [-0.4, -0.2) is 35.4 Å². The van der Waals surface area contributed by atoms with Crippen LogP contribution in [0.4, 0.5) is 0 Å². The molecule has 2 unspecified atom stereocenters. The van der Waals surface area contributed by atoms with E-state index in [2.05, 4.69) is 0 Å². The summed E-state index contributed by atoms with van der Waals surface area (Å²) < 4.78 is 22.0. The average molecular weight is 531 g/mol. The molecule has 0 saturated heterocycles. The third-order valence-electron chi connectivity index (χ3n) is 5.21. The Morgan fingerprint density at radius 2 is 1.05 bits per heavy atom. The minimum absolute atomic E-state index is 0.228. The van der Waals surface area contributed by atoms with Gasteiger partial charge in [-0.15, -0.1) is 0 Å². The molecule has 0 heterocycles. The fraction of sp³-hybridized carbons (Fsp3) is 0.429. The smallest absolute Gasteiger partial charge is 0.308 e. The van der Waals surface area contributed by atoms with Crippen LogP contribution in [0.3, 0.4) is 0 Å². The Balaban J connectivity index is 2.08. The van der Waals surface area contributed by atoms with Crippen LogP contribution in [0.1, 0.15) is 76.7 Å². The molecule has 0 bridgehead atoms. The van der Waals surface area contributed by atoms with E-state index in [0.29, 0.717) is 47.0 Å². The third-order valence-corrected chi connectivity index (χ3v) is 6.26. The van der Waals surface area contributed by atoms with Crippen molar-refractivity contribution in [3.05, 3.63) is 59.7 Å². The molecule has 0 aromatic heterocycles. The Labute approximate surface area is 222 Å². The normalized spacial score (nSPS) is 12.2. The van der Waals surface area contributed by atoms with Crippen molar-refractivity contribution in [2.24, 2.45) is 0 Å². The summed E-state index contributed by atoms with van der Waals surface area (Å²) in [6.45, 7) is 6.08. The quantitative estimate of drug-likeness (QED) is 0.172. The van der Waals surface area contributed by atoms with Crippen LogP contribution in [0.2, 0.25) is 0 Å². The summed E-state index contributed by atoms with van der Waals surface area (Å²) >= 11 is 1.61. The van der Waals surface area contributed by atoms with Crippen LogP contribution in [0.25, 0.3) is 0 Å². The highest BCUT2D eigenvalue weighted by Crippen LogP contribution is 2.34. The zero-order valence-corrected chi connectivity index (χ0v) is 22.5. The van der Waals surface area contributed by atoms with Gasteiger partial charge >= 0.3 is 23.9 Å². The topological polar surface area (TPSA) is 105 Å². The van der Waals surface area contributed by atoms with E-state index < -0.39 is 24.1 Å².